The third-order valence-corrected chi connectivity index (χ3v) is 5.89. The molecule has 148 valence electrons. The lowest BCUT2D eigenvalue weighted by Gasteiger charge is -2.19. The number of hydrogen-bond acceptors (Lipinski definition) is 0. The van der Waals surface area contributed by atoms with Crippen LogP contribution in [0.15, 0.2) is 47.6 Å². The maximum absolute atomic E-state index is 3.72. The molecular weight excluding hydrogens is 338 g/mol. The summed E-state index contributed by atoms with van der Waals surface area (Å²) in [5.74, 6) is 1.07. The highest BCUT2D eigenvalue weighted by molar-refractivity contribution is 5.96. The average Bonchev–Trinajstić information content (AvgIpc) is 3.11. The Morgan fingerprint density at radius 2 is 1.89 bits per heavy atom. The van der Waals surface area contributed by atoms with Crippen LogP contribution in [0.1, 0.15) is 76.8 Å². The zero-order valence-electron chi connectivity index (χ0n) is 18.8. The minimum absolute atomic E-state index is 0.145. The summed E-state index contributed by atoms with van der Waals surface area (Å²) >= 11 is 0. The summed E-state index contributed by atoms with van der Waals surface area (Å²) in [6, 6.07) is 4.61. The molecule has 1 unspecified atom stereocenters. The number of aromatic nitrogens is 1. The molecule has 2 aromatic rings. The number of hydrogen-bond donors (Lipinski definition) is 1. The first-order valence-corrected chi connectivity index (χ1v) is 10.5. The van der Waals surface area contributed by atoms with Gasteiger partial charge in [0.2, 0.25) is 0 Å². The van der Waals surface area contributed by atoms with E-state index in [-0.39, 0.29) is 5.41 Å². The standard InChI is InChI=1S/C27H35N/c1-9-11-21(27(6,7)8)13-10-12-20-14-18(4)25-23(15-20)24-16-22(17(2)3)19(5)26(24)28-25/h9-17,19,28H,1-8H3/b11-9-,12-10+,21-13+. The number of allylic oxidation sites excluding steroid dienone is 6. The lowest BCUT2D eigenvalue weighted by Crippen LogP contribution is -2.06. The van der Waals surface area contributed by atoms with Gasteiger partial charge < -0.3 is 4.98 Å². The third-order valence-electron chi connectivity index (χ3n) is 5.89. The van der Waals surface area contributed by atoms with Crippen molar-refractivity contribution in [2.24, 2.45) is 11.3 Å². The molecule has 0 spiro atoms. The zero-order valence-corrected chi connectivity index (χ0v) is 18.8. The van der Waals surface area contributed by atoms with Crippen LogP contribution in [0, 0.1) is 18.3 Å². The van der Waals surface area contributed by atoms with Crippen LogP contribution in [-0.2, 0) is 0 Å². The second-order valence-corrected chi connectivity index (χ2v) is 9.46. The smallest absolute Gasteiger partial charge is 0.0492 e. The van der Waals surface area contributed by atoms with Crippen molar-refractivity contribution in [2.45, 2.75) is 61.3 Å². The summed E-state index contributed by atoms with van der Waals surface area (Å²) < 4.78 is 0. The fourth-order valence-electron chi connectivity index (χ4n) is 4.26. The largest absolute Gasteiger partial charge is 0.357 e. The van der Waals surface area contributed by atoms with Crippen LogP contribution < -0.4 is 0 Å². The monoisotopic (exact) mass is 373 g/mol. The number of aromatic amines is 1. The fourth-order valence-corrected chi connectivity index (χ4v) is 4.26. The number of aryl methyl sites for hydroxylation is 1. The summed E-state index contributed by atoms with van der Waals surface area (Å²) in [5, 5.41) is 1.35. The highest BCUT2D eigenvalue weighted by Crippen LogP contribution is 2.43. The van der Waals surface area contributed by atoms with E-state index in [2.05, 4.69) is 109 Å². The third kappa shape index (κ3) is 3.81. The lowest BCUT2D eigenvalue weighted by atomic mass is 9.86. The van der Waals surface area contributed by atoms with Crippen molar-refractivity contribution < 1.29 is 0 Å². The van der Waals surface area contributed by atoms with Crippen molar-refractivity contribution in [3.05, 3.63) is 70.0 Å². The van der Waals surface area contributed by atoms with Crippen molar-refractivity contribution >= 4 is 23.1 Å². The van der Waals surface area contributed by atoms with Gasteiger partial charge in [-0.05, 0) is 54.0 Å². The van der Waals surface area contributed by atoms with Gasteiger partial charge in [0.25, 0.3) is 0 Å². The predicted molar refractivity (Wildman–Crippen MR) is 126 cm³/mol. The van der Waals surface area contributed by atoms with E-state index in [9.17, 15) is 0 Å². The number of nitrogens with one attached hydrogen (secondary N) is 1. The van der Waals surface area contributed by atoms with E-state index in [0.29, 0.717) is 11.8 Å². The Morgan fingerprint density at radius 1 is 1.18 bits per heavy atom. The summed E-state index contributed by atoms with van der Waals surface area (Å²) in [7, 11) is 0. The molecule has 1 aromatic carbocycles. The lowest BCUT2D eigenvalue weighted by molar-refractivity contribution is 0.517. The van der Waals surface area contributed by atoms with Gasteiger partial charge in [-0.3, -0.25) is 0 Å². The maximum atomic E-state index is 3.72. The molecule has 0 saturated carbocycles. The molecule has 1 heterocycles. The van der Waals surface area contributed by atoms with Crippen LogP contribution >= 0.6 is 0 Å². The number of H-pyrrole nitrogens is 1. The average molecular weight is 374 g/mol. The maximum Gasteiger partial charge on any atom is 0.0492 e. The van der Waals surface area contributed by atoms with E-state index in [1.54, 1.807) is 0 Å². The van der Waals surface area contributed by atoms with Crippen molar-refractivity contribution in [3.63, 3.8) is 0 Å². The second-order valence-electron chi connectivity index (χ2n) is 9.46. The molecule has 0 saturated heterocycles. The highest BCUT2D eigenvalue weighted by Gasteiger charge is 2.27. The van der Waals surface area contributed by atoms with E-state index in [4.69, 9.17) is 0 Å². The van der Waals surface area contributed by atoms with E-state index < -0.39 is 0 Å². The van der Waals surface area contributed by atoms with Gasteiger partial charge in [0, 0.05) is 28.1 Å². The van der Waals surface area contributed by atoms with Gasteiger partial charge in [-0.1, -0.05) is 83.6 Å². The summed E-state index contributed by atoms with van der Waals surface area (Å²) in [5.41, 5.74) is 9.65. The van der Waals surface area contributed by atoms with E-state index in [1.807, 2.05) is 0 Å². The normalized spacial score (nSPS) is 18.1. The Labute approximate surface area is 170 Å². The Kier molecular flexibility index (Phi) is 5.57. The Morgan fingerprint density at radius 3 is 2.50 bits per heavy atom. The molecule has 0 amide bonds. The summed E-state index contributed by atoms with van der Waals surface area (Å²) in [6.07, 6.45) is 13.4. The molecule has 1 atom stereocenters. The molecular formula is C27H35N. The van der Waals surface area contributed by atoms with Gasteiger partial charge in [0.1, 0.15) is 0 Å². The van der Waals surface area contributed by atoms with E-state index in [1.165, 1.54) is 44.4 Å². The van der Waals surface area contributed by atoms with Gasteiger partial charge in [-0.25, -0.2) is 0 Å². The molecule has 1 aliphatic rings. The molecule has 0 radical (unpaired) electrons. The van der Waals surface area contributed by atoms with Crippen molar-refractivity contribution in [1.29, 1.82) is 0 Å². The van der Waals surface area contributed by atoms with Crippen LogP contribution in [0.25, 0.3) is 23.1 Å². The second kappa shape index (κ2) is 7.62. The van der Waals surface area contributed by atoms with Crippen molar-refractivity contribution in [2.75, 3.05) is 0 Å². The number of benzene rings is 1. The van der Waals surface area contributed by atoms with Gasteiger partial charge >= 0.3 is 0 Å². The van der Waals surface area contributed by atoms with Crippen molar-refractivity contribution in [1.82, 2.24) is 4.98 Å². The Balaban J connectivity index is 2.02. The van der Waals surface area contributed by atoms with Gasteiger partial charge in [-0.15, -0.1) is 0 Å². The topological polar surface area (TPSA) is 15.8 Å². The minimum atomic E-state index is 0.145. The van der Waals surface area contributed by atoms with E-state index >= 15 is 0 Å². The van der Waals surface area contributed by atoms with Crippen LogP contribution in [-0.4, -0.2) is 4.98 Å². The first-order chi connectivity index (χ1) is 13.1. The molecule has 28 heavy (non-hydrogen) atoms. The molecule has 1 aromatic heterocycles. The van der Waals surface area contributed by atoms with E-state index in [0.717, 1.165) is 0 Å². The SMILES string of the molecule is C\C=C/C(=C\C=C\c1cc(C)c2[nH]c3c(c2c1)C=C(C(C)C)C3C)C(C)(C)C. The molecule has 1 nitrogen and oxygen atoms in total. The van der Waals surface area contributed by atoms with Crippen LogP contribution in [0.3, 0.4) is 0 Å². The molecule has 3 rings (SSSR count). The van der Waals surface area contributed by atoms with Gasteiger partial charge in [0.05, 0.1) is 0 Å². The van der Waals surface area contributed by atoms with Gasteiger partial charge in [0.15, 0.2) is 0 Å². The zero-order chi connectivity index (χ0) is 20.6. The quantitative estimate of drug-likeness (QED) is 0.520. The number of fused-ring (bicyclic) bond motifs is 3. The first-order valence-electron chi connectivity index (χ1n) is 10.5. The van der Waals surface area contributed by atoms with Crippen LogP contribution in [0.4, 0.5) is 0 Å². The van der Waals surface area contributed by atoms with Gasteiger partial charge in [-0.2, -0.15) is 0 Å². The molecule has 1 N–H and O–H groups in total. The molecule has 1 aliphatic carbocycles. The minimum Gasteiger partial charge on any atom is -0.357 e. The molecule has 1 heteroatoms. The fraction of sp³-hybridized carbons (Fsp3) is 0.407. The number of rotatable bonds is 4. The predicted octanol–water partition coefficient (Wildman–Crippen LogP) is 8.19. The Hall–Kier alpha value is -2.28. The highest BCUT2D eigenvalue weighted by atomic mass is 14.7. The Bertz CT molecular complexity index is 997. The van der Waals surface area contributed by atoms with Crippen molar-refractivity contribution in [3.8, 4) is 0 Å². The van der Waals surface area contributed by atoms with Crippen LogP contribution in [0.2, 0.25) is 0 Å². The first kappa shape index (κ1) is 20.5. The summed E-state index contributed by atoms with van der Waals surface area (Å²) in [6.45, 7) is 18.0. The van der Waals surface area contributed by atoms with Crippen LogP contribution in [0.5, 0.6) is 0 Å². The molecule has 0 bridgehead atoms. The molecule has 0 fully saturated rings. The molecule has 0 aliphatic heterocycles. The summed E-state index contributed by atoms with van der Waals surface area (Å²) in [4.78, 5) is 3.72.